The van der Waals surface area contributed by atoms with Gasteiger partial charge in [-0.2, -0.15) is 0 Å². The third kappa shape index (κ3) is 3.89. The van der Waals surface area contributed by atoms with Crippen LogP contribution < -0.4 is 9.64 Å². The Morgan fingerprint density at radius 2 is 2.07 bits per heavy atom. The molecule has 0 radical (unpaired) electrons. The van der Waals surface area contributed by atoms with Gasteiger partial charge < -0.3 is 9.30 Å². The first kappa shape index (κ1) is 18.2. The van der Waals surface area contributed by atoms with E-state index >= 15 is 0 Å². The molecule has 0 N–H and O–H groups in total. The fourth-order valence-corrected chi connectivity index (χ4v) is 4.00. The van der Waals surface area contributed by atoms with Gasteiger partial charge in [0.2, 0.25) is 0 Å². The number of aryl methyl sites for hydroxylation is 1. The van der Waals surface area contributed by atoms with Crippen molar-refractivity contribution >= 4 is 32.6 Å². The minimum Gasteiger partial charge on any atom is -0.497 e. The standard InChI is InChI=1S/C21H20N4O2S/c1-27-17-8-9-18-19(14-17)28-21(23-18)25(12-5-11-24-13-10-22-15-24)20(26)16-6-3-2-4-7-16/h2-4,6-10,13-15H,5,11-12H2,1H3. The van der Waals surface area contributed by atoms with Crippen LogP contribution in [0.3, 0.4) is 0 Å². The van der Waals surface area contributed by atoms with E-state index in [4.69, 9.17) is 9.72 Å². The van der Waals surface area contributed by atoms with Crippen molar-refractivity contribution in [2.75, 3.05) is 18.6 Å². The number of aromatic nitrogens is 3. The Kier molecular flexibility index (Phi) is 5.34. The molecule has 0 atom stereocenters. The third-order valence-corrected chi connectivity index (χ3v) is 5.48. The van der Waals surface area contributed by atoms with Gasteiger partial charge in [-0.3, -0.25) is 9.69 Å². The molecule has 4 aromatic rings. The third-order valence-electron chi connectivity index (χ3n) is 4.44. The van der Waals surface area contributed by atoms with E-state index in [-0.39, 0.29) is 5.91 Å². The van der Waals surface area contributed by atoms with E-state index in [0.717, 1.165) is 28.9 Å². The number of benzene rings is 2. The molecule has 2 heterocycles. The molecule has 0 spiro atoms. The van der Waals surface area contributed by atoms with Crippen LogP contribution in [0.2, 0.25) is 0 Å². The van der Waals surface area contributed by atoms with Crippen molar-refractivity contribution in [3.05, 3.63) is 72.8 Å². The minimum absolute atomic E-state index is 0.0442. The summed E-state index contributed by atoms with van der Waals surface area (Å²) in [4.78, 5) is 23.7. The summed E-state index contributed by atoms with van der Waals surface area (Å²) in [5.74, 6) is 0.737. The lowest BCUT2D eigenvalue weighted by Gasteiger charge is -2.20. The smallest absolute Gasteiger partial charge is 0.260 e. The topological polar surface area (TPSA) is 60.2 Å². The van der Waals surface area contributed by atoms with Crippen LogP contribution in [0.15, 0.2) is 67.3 Å². The lowest BCUT2D eigenvalue weighted by molar-refractivity contribution is 0.0986. The number of ether oxygens (including phenoxy) is 1. The molecule has 2 aromatic heterocycles. The SMILES string of the molecule is COc1ccc2nc(N(CCCn3ccnc3)C(=O)c3ccccc3)sc2c1. The maximum atomic E-state index is 13.2. The number of nitrogens with zero attached hydrogens (tertiary/aromatic N) is 4. The van der Waals surface area contributed by atoms with E-state index in [0.29, 0.717) is 17.2 Å². The van der Waals surface area contributed by atoms with E-state index in [1.54, 1.807) is 24.5 Å². The molecule has 0 bridgehead atoms. The molecular formula is C21H20N4O2S. The molecule has 6 nitrogen and oxygen atoms in total. The van der Waals surface area contributed by atoms with E-state index in [9.17, 15) is 4.79 Å². The van der Waals surface area contributed by atoms with Crippen molar-refractivity contribution in [2.45, 2.75) is 13.0 Å². The number of carbonyl (C=O) groups excluding carboxylic acids is 1. The second kappa shape index (κ2) is 8.22. The van der Waals surface area contributed by atoms with Gasteiger partial charge in [-0.25, -0.2) is 9.97 Å². The van der Waals surface area contributed by atoms with Crippen LogP contribution in [0, 0.1) is 0 Å². The molecule has 0 saturated heterocycles. The number of hydrogen-bond donors (Lipinski definition) is 0. The Morgan fingerprint density at radius 3 is 2.82 bits per heavy atom. The van der Waals surface area contributed by atoms with Crippen LogP contribution in [-0.2, 0) is 6.54 Å². The number of imidazole rings is 1. The van der Waals surface area contributed by atoms with Crippen LogP contribution in [0.4, 0.5) is 5.13 Å². The molecule has 142 valence electrons. The Morgan fingerprint density at radius 1 is 1.21 bits per heavy atom. The van der Waals surface area contributed by atoms with Crippen molar-refractivity contribution in [3.63, 3.8) is 0 Å². The molecule has 4 rings (SSSR count). The van der Waals surface area contributed by atoms with Crippen molar-refractivity contribution < 1.29 is 9.53 Å². The summed E-state index contributed by atoms with van der Waals surface area (Å²) in [6.45, 7) is 1.36. The highest BCUT2D eigenvalue weighted by molar-refractivity contribution is 7.22. The van der Waals surface area contributed by atoms with Gasteiger partial charge in [-0.05, 0) is 36.8 Å². The molecule has 1 amide bonds. The highest BCUT2D eigenvalue weighted by Gasteiger charge is 2.21. The van der Waals surface area contributed by atoms with Crippen LogP contribution in [0.1, 0.15) is 16.8 Å². The van der Waals surface area contributed by atoms with Gasteiger partial charge in [-0.1, -0.05) is 29.5 Å². The first-order chi connectivity index (χ1) is 13.7. The summed E-state index contributed by atoms with van der Waals surface area (Å²) < 4.78 is 8.31. The number of amides is 1. The molecule has 0 fully saturated rings. The number of rotatable bonds is 7. The van der Waals surface area contributed by atoms with Gasteiger partial charge in [0.1, 0.15) is 5.75 Å². The largest absolute Gasteiger partial charge is 0.497 e. The zero-order chi connectivity index (χ0) is 19.3. The molecule has 0 aliphatic carbocycles. The molecular weight excluding hydrogens is 372 g/mol. The van der Waals surface area contributed by atoms with E-state index in [1.807, 2.05) is 59.3 Å². The van der Waals surface area contributed by atoms with Gasteiger partial charge in [0.25, 0.3) is 5.91 Å². The summed E-state index contributed by atoms with van der Waals surface area (Å²) >= 11 is 1.50. The van der Waals surface area contributed by atoms with Crippen LogP contribution in [0.5, 0.6) is 5.75 Å². The molecule has 28 heavy (non-hydrogen) atoms. The Balaban J connectivity index is 1.62. The fourth-order valence-electron chi connectivity index (χ4n) is 2.99. The summed E-state index contributed by atoms with van der Waals surface area (Å²) in [7, 11) is 1.64. The summed E-state index contributed by atoms with van der Waals surface area (Å²) in [5, 5.41) is 0.697. The highest BCUT2D eigenvalue weighted by Crippen LogP contribution is 2.32. The zero-order valence-corrected chi connectivity index (χ0v) is 16.3. The van der Waals surface area contributed by atoms with Gasteiger partial charge in [0.05, 0.1) is 23.7 Å². The lowest BCUT2D eigenvalue weighted by Crippen LogP contribution is -2.32. The van der Waals surface area contributed by atoms with E-state index < -0.39 is 0 Å². The zero-order valence-electron chi connectivity index (χ0n) is 15.5. The summed E-state index contributed by atoms with van der Waals surface area (Å²) in [5.41, 5.74) is 1.52. The predicted octanol–water partition coefficient (Wildman–Crippen LogP) is 4.24. The second-order valence-electron chi connectivity index (χ2n) is 6.31. The number of anilines is 1. The van der Waals surface area contributed by atoms with Crippen LogP contribution >= 0.6 is 11.3 Å². The number of hydrogen-bond acceptors (Lipinski definition) is 5. The predicted molar refractivity (Wildman–Crippen MR) is 111 cm³/mol. The normalized spacial score (nSPS) is 10.9. The summed E-state index contributed by atoms with van der Waals surface area (Å²) in [6.07, 6.45) is 6.27. The number of fused-ring (bicyclic) bond motifs is 1. The van der Waals surface area contributed by atoms with Crippen molar-refractivity contribution in [1.29, 1.82) is 0 Å². The monoisotopic (exact) mass is 392 g/mol. The van der Waals surface area contributed by atoms with Gasteiger partial charge in [0.15, 0.2) is 5.13 Å². The number of thiazole rings is 1. The van der Waals surface area contributed by atoms with Crippen LogP contribution in [-0.4, -0.2) is 34.1 Å². The lowest BCUT2D eigenvalue weighted by atomic mass is 10.2. The fraction of sp³-hybridized carbons (Fsp3) is 0.190. The number of methoxy groups -OCH3 is 1. The van der Waals surface area contributed by atoms with Crippen molar-refractivity contribution in [3.8, 4) is 5.75 Å². The van der Waals surface area contributed by atoms with Crippen molar-refractivity contribution in [1.82, 2.24) is 14.5 Å². The van der Waals surface area contributed by atoms with E-state index in [2.05, 4.69) is 4.98 Å². The molecule has 0 aliphatic rings. The first-order valence-electron chi connectivity index (χ1n) is 9.02. The Hall–Kier alpha value is -3.19. The Bertz CT molecular complexity index is 1060. The maximum absolute atomic E-state index is 13.2. The molecule has 7 heteroatoms. The van der Waals surface area contributed by atoms with Gasteiger partial charge in [0, 0.05) is 31.0 Å². The highest BCUT2D eigenvalue weighted by atomic mass is 32.1. The van der Waals surface area contributed by atoms with E-state index in [1.165, 1.54) is 11.3 Å². The van der Waals surface area contributed by atoms with Crippen LogP contribution in [0.25, 0.3) is 10.2 Å². The van der Waals surface area contributed by atoms with Gasteiger partial charge in [-0.15, -0.1) is 0 Å². The average Bonchev–Trinajstić information content (AvgIpc) is 3.40. The van der Waals surface area contributed by atoms with Gasteiger partial charge >= 0.3 is 0 Å². The molecule has 0 saturated carbocycles. The molecule has 2 aromatic carbocycles. The second-order valence-corrected chi connectivity index (χ2v) is 7.32. The minimum atomic E-state index is -0.0442. The Labute approximate surface area is 167 Å². The maximum Gasteiger partial charge on any atom is 0.260 e. The quantitative estimate of drug-likeness (QED) is 0.472. The first-order valence-corrected chi connectivity index (χ1v) is 9.83. The number of carbonyl (C=O) groups is 1. The molecule has 0 aliphatic heterocycles. The average molecular weight is 392 g/mol. The molecule has 0 unspecified atom stereocenters. The summed E-state index contributed by atoms with van der Waals surface area (Å²) in [6, 6.07) is 15.1. The van der Waals surface area contributed by atoms with Crippen molar-refractivity contribution in [2.24, 2.45) is 0 Å².